The lowest BCUT2D eigenvalue weighted by atomic mass is 10.1. The number of hydrazine groups is 1. The molecule has 8 nitrogen and oxygen atoms in total. The van der Waals surface area contributed by atoms with Crippen molar-refractivity contribution in [2.75, 3.05) is 6.54 Å². The number of Topliss-reactive ketones (excluding diaryl/α,β-unsaturated/α-hetero) is 1. The predicted octanol–water partition coefficient (Wildman–Crippen LogP) is 4.26. The Labute approximate surface area is 212 Å². The summed E-state index contributed by atoms with van der Waals surface area (Å²) in [6.45, 7) is 1.34. The maximum absolute atomic E-state index is 13.2. The number of aryl methyl sites for hydroxylation is 1. The Kier molecular flexibility index (Phi) is 7.26. The van der Waals surface area contributed by atoms with E-state index in [1.54, 1.807) is 36.4 Å². The Hall–Kier alpha value is -4.30. The van der Waals surface area contributed by atoms with E-state index in [9.17, 15) is 24.0 Å². The van der Waals surface area contributed by atoms with Crippen LogP contribution in [-0.2, 0) is 9.59 Å². The summed E-state index contributed by atoms with van der Waals surface area (Å²) in [5.41, 5.74) is 1.64. The van der Waals surface area contributed by atoms with Crippen molar-refractivity contribution in [3.63, 3.8) is 0 Å². The molecule has 0 spiro atoms. The quantitative estimate of drug-likeness (QED) is 0.206. The number of ether oxygens (including phenoxy) is 1. The molecule has 1 aliphatic heterocycles. The van der Waals surface area contributed by atoms with Crippen molar-refractivity contribution in [1.29, 1.82) is 0 Å². The minimum absolute atomic E-state index is 0.0535. The van der Waals surface area contributed by atoms with Crippen LogP contribution >= 0.6 is 11.6 Å². The van der Waals surface area contributed by atoms with Crippen LogP contribution in [0.5, 0.6) is 5.75 Å². The topological polar surface area (TPSA) is 101 Å². The van der Waals surface area contributed by atoms with Gasteiger partial charge in [-0.3, -0.25) is 19.2 Å². The molecule has 3 aromatic rings. The zero-order valence-corrected chi connectivity index (χ0v) is 20.0. The fraction of sp³-hybridized carbons (Fsp3) is 0.148. The zero-order chi connectivity index (χ0) is 25.8. The summed E-state index contributed by atoms with van der Waals surface area (Å²) in [6, 6.07) is 18.8. The van der Waals surface area contributed by atoms with E-state index >= 15 is 0 Å². The first-order chi connectivity index (χ1) is 17.2. The number of ketones is 1. The minimum Gasteiger partial charge on any atom is -0.423 e. The molecule has 0 aromatic heterocycles. The number of nitrogens with zero attached hydrogens (tertiary/aromatic N) is 2. The van der Waals surface area contributed by atoms with E-state index < -0.39 is 36.0 Å². The summed E-state index contributed by atoms with van der Waals surface area (Å²) in [4.78, 5) is 63.3. The average molecular weight is 505 g/mol. The molecule has 0 aliphatic carbocycles. The molecular formula is C27H21ClN2O6. The van der Waals surface area contributed by atoms with Gasteiger partial charge in [0.2, 0.25) is 11.8 Å². The lowest BCUT2D eigenvalue weighted by Crippen LogP contribution is -2.51. The van der Waals surface area contributed by atoms with E-state index in [0.29, 0.717) is 10.6 Å². The van der Waals surface area contributed by atoms with Gasteiger partial charge in [0.25, 0.3) is 5.91 Å². The predicted molar refractivity (Wildman–Crippen MR) is 130 cm³/mol. The second-order valence-electron chi connectivity index (χ2n) is 8.15. The van der Waals surface area contributed by atoms with Crippen molar-refractivity contribution >= 4 is 41.1 Å². The summed E-state index contributed by atoms with van der Waals surface area (Å²) in [7, 11) is 0. The number of halogens is 1. The van der Waals surface area contributed by atoms with Crippen LogP contribution in [0.4, 0.5) is 0 Å². The van der Waals surface area contributed by atoms with Crippen molar-refractivity contribution in [2.45, 2.75) is 19.8 Å². The third-order valence-electron chi connectivity index (χ3n) is 5.57. The minimum atomic E-state index is -0.749. The van der Waals surface area contributed by atoms with Crippen LogP contribution in [0.2, 0.25) is 5.02 Å². The van der Waals surface area contributed by atoms with Gasteiger partial charge in [0.15, 0.2) is 5.78 Å². The Bertz CT molecular complexity index is 1340. The number of benzene rings is 3. The Balaban J connectivity index is 1.52. The third kappa shape index (κ3) is 5.34. The van der Waals surface area contributed by atoms with Crippen molar-refractivity contribution in [3.8, 4) is 5.75 Å². The molecule has 0 radical (unpaired) electrons. The van der Waals surface area contributed by atoms with Crippen molar-refractivity contribution in [2.24, 2.45) is 0 Å². The van der Waals surface area contributed by atoms with Gasteiger partial charge in [-0.25, -0.2) is 9.80 Å². The van der Waals surface area contributed by atoms with Crippen LogP contribution in [-0.4, -0.2) is 46.0 Å². The van der Waals surface area contributed by atoms with Gasteiger partial charge in [-0.05, 0) is 55.5 Å². The molecule has 36 heavy (non-hydrogen) atoms. The smallest absolute Gasteiger partial charge is 0.343 e. The normalized spacial score (nSPS) is 13.0. The molecule has 4 rings (SSSR count). The molecule has 182 valence electrons. The average Bonchev–Trinajstić information content (AvgIpc) is 3.20. The number of carbonyl (C=O) groups is 5. The monoisotopic (exact) mass is 504 g/mol. The first kappa shape index (κ1) is 24.8. The summed E-state index contributed by atoms with van der Waals surface area (Å²) in [5.74, 6) is -2.75. The van der Waals surface area contributed by atoms with E-state index in [1.165, 1.54) is 36.4 Å². The Morgan fingerprint density at radius 3 is 2.06 bits per heavy atom. The number of hydrogen-bond donors (Lipinski definition) is 0. The Morgan fingerprint density at radius 1 is 0.861 bits per heavy atom. The second kappa shape index (κ2) is 10.5. The van der Waals surface area contributed by atoms with Gasteiger partial charge in [-0.2, -0.15) is 5.01 Å². The lowest BCUT2D eigenvalue weighted by Gasteiger charge is -2.29. The molecule has 0 N–H and O–H groups in total. The maximum atomic E-state index is 13.2. The molecule has 0 atom stereocenters. The number of esters is 1. The third-order valence-corrected chi connectivity index (χ3v) is 5.90. The second-order valence-corrected chi connectivity index (χ2v) is 8.55. The summed E-state index contributed by atoms with van der Waals surface area (Å²) < 4.78 is 5.35. The molecule has 0 unspecified atom stereocenters. The number of rotatable bonds is 7. The SMILES string of the molecule is Cc1ccc(C(=O)Oc2ccc(C(=O)CN(C(=O)c3ccccc3Cl)N3C(=O)CCC3=O)cc2)cc1. The molecule has 0 saturated carbocycles. The molecule has 0 bridgehead atoms. The van der Waals surface area contributed by atoms with Crippen LogP contribution in [0.3, 0.4) is 0 Å². The van der Waals surface area contributed by atoms with E-state index in [2.05, 4.69) is 0 Å². The fourth-order valence-electron chi connectivity index (χ4n) is 3.63. The fourth-order valence-corrected chi connectivity index (χ4v) is 3.85. The van der Waals surface area contributed by atoms with E-state index in [0.717, 1.165) is 10.6 Å². The van der Waals surface area contributed by atoms with Crippen LogP contribution in [0, 0.1) is 6.92 Å². The van der Waals surface area contributed by atoms with Crippen molar-refractivity contribution in [3.05, 3.63) is 100 Å². The van der Waals surface area contributed by atoms with E-state index in [4.69, 9.17) is 16.3 Å². The highest BCUT2D eigenvalue weighted by Crippen LogP contribution is 2.23. The molecule has 3 amide bonds. The maximum Gasteiger partial charge on any atom is 0.343 e. The molecule has 3 aromatic carbocycles. The zero-order valence-electron chi connectivity index (χ0n) is 19.3. The number of amides is 3. The summed E-state index contributed by atoms with van der Waals surface area (Å²) in [6.07, 6.45) is -0.110. The number of hydrogen-bond acceptors (Lipinski definition) is 6. The van der Waals surface area contributed by atoms with Gasteiger partial charge in [0.05, 0.1) is 16.1 Å². The standard InChI is InChI=1S/C27H21ClN2O6/c1-17-6-8-19(9-7-17)27(35)36-20-12-10-18(11-13-20)23(31)16-29(30-24(32)14-15-25(30)33)26(34)21-4-2-3-5-22(21)28/h2-13H,14-16H2,1H3. The molecule has 1 saturated heterocycles. The van der Waals surface area contributed by atoms with Gasteiger partial charge in [-0.15, -0.1) is 0 Å². The van der Waals surface area contributed by atoms with Gasteiger partial charge >= 0.3 is 5.97 Å². The molecule has 1 aliphatic rings. The Morgan fingerprint density at radius 2 is 1.44 bits per heavy atom. The van der Waals surface area contributed by atoms with Crippen LogP contribution in [0.15, 0.2) is 72.8 Å². The van der Waals surface area contributed by atoms with Gasteiger partial charge < -0.3 is 4.74 Å². The first-order valence-corrected chi connectivity index (χ1v) is 11.5. The van der Waals surface area contributed by atoms with Gasteiger partial charge in [-0.1, -0.05) is 41.4 Å². The highest BCUT2D eigenvalue weighted by Gasteiger charge is 2.38. The van der Waals surface area contributed by atoms with Crippen molar-refractivity contribution in [1.82, 2.24) is 10.0 Å². The van der Waals surface area contributed by atoms with Crippen molar-refractivity contribution < 1.29 is 28.7 Å². The van der Waals surface area contributed by atoms with Gasteiger partial charge in [0, 0.05) is 18.4 Å². The lowest BCUT2D eigenvalue weighted by molar-refractivity contribution is -0.152. The van der Waals surface area contributed by atoms with E-state index in [-0.39, 0.29) is 34.7 Å². The molecular weight excluding hydrogens is 484 g/mol. The molecule has 9 heteroatoms. The highest BCUT2D eigenvalue weighted by atomic mass is 35.5. The summed E-state index contributed by atoms with van der Waals surface area (Å²) >= 11 is 6.14. The number of imide groups is 1. The first-order valence-electron chi connectivity index (χ1n) is 11.1. The largest absolute Gasteiger partial charge is 0.423 e. The molecule has 1 heterocycles. The number of carbonyl (C=O) groups excluding carboxylic acids is 5. The highest BCUT2D eigenvalue weighted by molar-refractivity contribution is 6.34. The summed E-state index contributed by atoms with van der Waals surface area (Å²) in [5, 5.41) is 1.66. The van der Waals surface area contributed by atoms with Crippen LogP contribution in [0.1, 0.15) is 49.5 Å². The molecule has 1 fully saturated rings. The van der Waals surface area contributed by atoms with E-state index in [1.807, 2.05) is 6.92 Å². The van der Waals surface area contributed by atoms with Crippen LogP contribution < -0.4 is 4.74 Å². The van der Waals surface area contributed by atoms with Gasteiger partial charge in [0.1, 0.15) is 12.3 Å². The van der Waals surface area contributed by atoms with Crippen LogP contribution in [0.25, 0.3) is 0 Å².